The van der Waals surface area contributed by atoms with Gasteiger partial charge in [-0.2, -0.15) is 5.10 Å². The van der Waals surface area contributed by atoms with E-state index in [-0.39, 0.29) is 30.3 Å². The summed E-state index contributed by atoms with van der Waals surface area (Å²) < 4.78 is 15.8. The van der Waals surface area contributed by atoms with Crippen LogP contribution in [0.15, 0.2) is 53.6 Å². The smallest absolute Gasteiger partial charge is 0.262 e. The zero-order chi connectivity index (χ0) is 25.5. The molecule has 0 N–H and O–H groups in total. The van der Waals surface area contributed by atoms with Crippen LogP contribution in [-0.2, 0) is 14.3 Å². The first kappa shape index (κ1) is 25.7. The van der Waals surface area contributed by atoms with E-state index in [1.165, 1.54) is 0 Å². The maximum atomic E-state index is 13.7. The number of methoxy groups -OCH3 is 3. The molecule has 1 aliphatic carbocycles. The molecule has 4 rings (SSSR count). The Balaban J connectivity index is 1.59. The zero-order valence-electron chi connectivity index (χ0n) is 21.3. The zero-order valence-corrected chi connectivity index (χ0v) is 21.3. The van der Waals surface area contributed by atoms with E-state index in [4.69, 9.17) is 19.3 Å². The Bertz CT molecular complexity index is 1060. The second-order valence-corrected chi connectivity index (χ2v) is 9.24. The van der Waals surface area contributed by atoms with E-state index in [1.807, 2.05) is 48.5 Å². The van der Waals surface area contributed by atoms with E-state index in [2.05, 4.69) is 0 Å². The summed E-state index contributed by atoms with van der Waals surface area (Å²) in [6.45, 7) is 0.742. The van der Waals surface area contributed by atoms with Crippen molar-refractivity contribution in [2.75, 3.05) is 41.0 Å². The van der Waals surface area contributed by atoms with Crippen molar-refractivity contribution in [1.82, 2.24) is 9.91 Å². The van der Waals surface area contributed by atoms with Crippen LogP contribution < -0.4 is 9.47 Å². The van der Waals surface area contributed by atoms with Crippen LogP contribution >= 0.6 is 0 Å². The van der Waals surface area contributed by atoms with Crippen molar-refractivity contribution in [2.24, 2.45) is 11.0 Å². The van der Waals surface area contributed by atoms with Gasteiger partial charge in [0, 0.05) is 26.0 Å². The first-order valence-electron chi connectivity index (χ1n) is 12.5. The molecule has 36 heavy (non-hydrogen) atoms. The number of benzene rings is 2. The summed E-state index contributed by atoms with van der Waals surface area (Å²) in [6.07, 6.45) is 4.45. The van der Waals surface area contributed by atoms with Gasteiger partial charge in [-0.15, -0.1) is 0 Å². The van der Waals surface area contributed by atoms with Crippen LogP contribution in [0.5, 0.6) is 11.5 Å². The SMILES string of the molecule is COCCN(CC(=O)N1N=C(c2ccc(OC)cc2)C[C@@H]1c1ccc(OC)cc1)C(=O)C1CCCC1. The molecule has 192 valence electrons. The van der Waals surface area contributed by atoms with Crippen molar-refractivity contribution in [2.45, 2.75) is 38.1 Å². The summed E-state index contributed by atoms with van der Waals surface area (Å²) in [5, 5.41) is 6.31. The van der Waals surface area contributed by atoms with Gasteiger partial charge in [0.15, 0.2) is 0 Å². The summed E-state index contributed by atoms with van der Waals surface area (Å²) in [5.41, 5.74) is 2.71. The van der Waals surface area contributed by atoms with Crippen molar-refractivity contribution in [3.05, 3.63) is 59.7 Å². The van der Waals surface area contributed by atoms with Gasteiger partial charge in [-0.25, -0.2) is 5.01 Å². The van der Waals surface area contributed by atoms with Crippen molar-refractivity contribution in [1.29, 1.82) is 0 Å². The largest absolute Gasteiger partial charge is 0.497 e. The maximum Gasteiger partial charge on any atom is 0.262 e. The Hall–Kier alpha value is -3.39. The van der Waals surface area contributed by atoms with Crippen molar-refractivity contribution in [3.8, 4) is 11.5 Å². The molecule has 1 fully saturated rings. The predicted molar refractivity (Wildman–Crippen MR) is 137 cm³/mol. The molecule has 0 unspecified atom stereocenters. The highest BCUT2D eigenvalue weighted by Gasteiger charge is 2.35. The number of carbonyl (C=O) groups is 2. The Morgan fingerprint density at radius 3 is 2.14 bits per heavy atom. The number of hydrogen-bond donors (Lipinski definition) is 0. The number of amides is 2. The molecule has 1 heterocycles. The summed E-state index contributed by atoms with van der Waals surface area (Å²) in [6, 6.07) is 15.1. The van der Waals surface area contributed by atoms with Crippen molar-refractivity contribution in [3.63, 3.8) is 0 Å². The summed E-state index contributed by atoms with van der Waals surface area (Å²) >= 11 is 0. The van der Waals surface area contributed by atoms with Crippen LogP contribution in [0, 0.1) is 5.92 Å². The van der Waals surface area contributed by atoms with Crippen LogP contribution in [0.4, 0.5) is 0 Å². The number of carbonyl (C=O) groups excluding carboxylic acids is 2. The molecular weight excluding hydrogens is 458 g/mol. The van der Waals surface area contributed by atoms with Crippen LogP contribution in [-0.4, -0.2) is 68.5 Å². The highest BCUT2D eigenvalue weighted by Crippen LogP contribution is 2.34. The third-order valence-electron chi connectivity index (χ3n) is 7.00. The van der Waals surface area contributed by atoms with E-state index in [0.717, 1.165) is 54.0 Å². The lowest BCUT2D eigenvalue weighted by atomic mass is 9.98. The number of hydrogen-bond acceptors (Lipinski definition) is 6. The van der Waals surface area contributed by atoms with Gasteiger partial charge in [0.2, 0.25) is 5.91 Å². The van der Waals surface area contributed by atoms with E-state index in [1.54, 1.807) is 31.2 Å². The van der Waals surface area contributed by atoms with Crippen LogP contribution in [0.3, 0.4) is 0 Å². The molecule has 1 saturated carbocycles. The molecule has 1 atom stereocenters. The third-order valence-corrected chi connectivity index (χ3v) is 7.00. The van der Waals surface area contributed by atoms with Gasteiger partial charge in [0.05, 0.1) is 32.6 Å². The molecule has 0 bridgehead atoms. The fourth-order valence-electron chi connectivity index (χ4n) is 4.92. The van der Waals surface area contributed by atoms with Crippen LogP contribution in [0.1, 0.15) is 49.3 Å². The Morgan fingerprint density at radius 1 is 0.944 bits per heavy atom. The molecular formula is C28H35N3O5. The third kappa shape index (κ3) is 5.87. The van der Waals surface area contributed by atoms with Crippen molar-refractivity contribution >= 4 is 17.5 Å². The maximum absolute atomic E-state index is 13.7. The average Bonchev–Trinajstić information content (AvgIpc) is 3.62. The molecule has 0 radical (unpaired) electrons. The highest BCUT2D eigenvalue weighted by atomic mass is 16.5. The molecule has 2 aliphatic rings. The minimum atomic E-state index is -0.272. The topological polar surface area (TPSA) is 80.7 Å². The number of ether oxygens (including phenoxy) is 3. The van der Waals surface area contributed by atoms with E-state index >= 15 is 0 Å². The lowest BCUT2D eigenvalue weighted by Gasteiger charge is -2.28. The normalized spacial score (nSPS) is 17.7. The standard InChI is InChI=1S/C28H35N3O5/c1-34-17-16-30(28(33)22-6-4-5-7-22)19-27(32)31-26(21-10-14-24(36-3)15-11-21)18-25(29-31)20-8-12-23(35-2)13-9-20/h8-15,22,26H,4-7,16-19H2,1-3H3/t26-/m1/s1. The van der Waals surface area contributed by atoms with E-state index in [0.29, 0.717) is 19.6 Å². The molecule has 0 aromatic heterocycles. The van der Waals surface area contributed by atoms with Crippen molar-refractivity contribution < 1.29 is 23.8 Å². The Labute approximate surface area is 212 Å². The average molecular weight is 494 g/mol. The molecule has 0 saturated heterocycles. The molecule has 8 nitrogen and oxygen atoms in total. The van der Waals surface area contributed by atoms with Gasteiger partial charge >= 0.3 is 0 Å². The second kappa shape index (κ2) is 12.0. The quantitative estimate of drug-likeness (QED) is 0.499. The number of rotatable bonds is 10. The minimum Gasteiger partial charge on any atom is -0.497 e. The second-order valence-electron chi connectivity index (χ2n) is 9.24. The minimum absolute atomic E-state index is 0.0102. The van der Waals surface area contributed by atoms with Crippen LogP contribution in [0.2, 0.25) is 0 Å². The first-order valence-corrected chi connectivity index (χ1v) is 12.5. The number of nitrogens with zero attached hydrogens (tertiary/aromatic N) is 3. The molecule has 2 aromatic rings. The fourth-order valence-corrected chi connectivity index (χ4v) is 4.92. The molecule has 0 spiro atoms. The predicted octanol–water partition coefficient (Wildman–Crippen LogP) is 4.05. The first-order chi connectivity index (χ1) is 17.5. The summed E-state index contributed by atoms with van der Waals surface area (Å²) in [4.78, 5) is 28.5. The molecule has 8 heteroatoms. The van der Waals surface area contributed by atoms with E-state index < -0.39 is 0 Å². The Morgan fingerprint density at radius 2 is 1.56 bits per heavy atom. The molecule has 2 aromatic carbocycles. The Kier molecular flexibility index (Phi) is 8.59. The number of hydrazone groups is 1. The molecule has 2 amide bonds. The van der Waals surface area contributed by atoms with Gasteiger partial charge in [-0.1, -0.05) is 25.0 Å². The fraction of sp³-hybridized carbons (Fsp3) is 0.464. The lowest BCUT2D eigenvalue weighted by Crippen LogP contribution is -2.44. The van der Waals surface area contributed by atoms with Gasteiger partial charge in [0.25, 0.3) is 5.91 Å². The van der Waals surface area contributed by atoms with Crippen LogP contribution in [0.25, 0.3) is 0 Å². The summed E-state index contributed by atoms with van der Waals surface area (Å²) in [5.74, 6) is 1.33. The molecule has 1 aliphatic heterocycles. The summed E-state index contributed by atoms with van der Waals surface area (Å²) in [7, 11) is 4.86. The van der Waals surface area contributed by atoms with Gasteiger partial charge in [-0.05, 0) is 60.4 Å². The monoisotopic (exact) mass is 493 g/mol. The highest BCUT2D eigenvalue weighted by molar-refractivity contribution is 6.03. The van der Waals surface area contributed by atoms with Gasteiger partial charge in [0.1, 0.15) is 18.0 Å². The lowest BCUT2D eigenvalue weighted by molar-refractivity contribution is -0.144. The van der Waals surface area contributed by atoms with Gasteiger partial charge < -0.3 is 19.1 Å². The van der Waals surface area contributed by atoms with Gasteiger partial charge in [-0.3, -0.25) is 9.59 Å². The van der Waals surface area contributed by atoms with E-state index in [9.17, 15) is 9.59 Å².